The summed E-state index contributed by atoms with van der Waals surface area (Å²) in [5.74, 6) is 0. The number of hydrogen-bond donors (Lipinski definition) is 1. The molecule has 0 fully saturated rings. The summed E-state index contributed by atoms with van der Waals surface area (Å²) in [5, 5.41) is 8.63. The zero-order chi connectivity index (χ0) is 2.71. The number of nitrogens with zero attached hydrogens (tertiary/aromatic N) is 1. The van der Waals surface area contributed by atoms with Crippen LogP contribution in [0.25, 0.3) is 0 Å². The molecule has 0 spiro atoms. The molecule has 4 heavy (non-hydrogen) atoms. The summed E-state index contributed by atoms with van der Waals surface area (Å²) >= 11 is 3.09. The number of thiol groups is 1. The Morgan fingerprint density at radius 2 is 1.75 bits per heavy atom. The molecule has 0 N–H and O–H groups in total. The van der Waals surface area contributed by atoms with Gasteiger partial charge in [0.15, 0.2) is 0 Å². The van der Waals surface area contributed by atoms with Crippen molar-refractivity contribution in [2.24, 2.45) is 0 Å². The quantitative estimate of drug-likeness (QED) is 0.372. The van der Waals surface area contributed by atoms with Crippen LogP contribution in [0, 0.1) is 10.7 Å². The van der Waals surface area contributed by atoms with Gasteiger partial charge in [-0.25, -0.2) is 0 Å². The number of nitriles is 1. The van der Waals surface area contributed by atoms with Crippen LogP contribution in [0.4, 0.5) is 0 Å². The van der Waals surface area contributed by atoms with Crippen molar-refractivity contribution < 1.29 is 0 Å². The smallest absolute Gasteiger partial charge is 0.130 e. The van der Waals surface area contributed by atoms with Crippen molar-refractivity contribution in [1.82, 2.24) is 0 Å². The Morgan fingerprint density at radius 3 is 1.75 bits per heavy atom. The Bertz CT molecular complexity index is 29.5. The molecule has 0 heterocycles. The first kappa shape index (κ1) is 8.83. The van der Waals surface area contributed by atoms with E-state index in [1.807, 2.05) is 0 Å². The Balaban J connectivity index is 0. The number of hydrogen-bond acceptors (Lipinski definition) is 2. The van der Waals surface area contributed by atoms with Gasteiger partial charge in [0.2, 0.25) is 0 Å². The fourth-order valence-electron chi connectivity index (χ4n) is 0. The van der Waals surface area contributed by atoms with E-state index >= 15 is 0 Å². The molecular formula is CHNSTl. The minimum absolute atomic E-state index is 0. The van der Waals surface area contributed by atoms with Crippen LogP contribution in [-0.4, -0.2) is 27.3 Å². The third-order valence-electron chi connectivity index (χ3n) is 0. The van der Waals surface area contributed by atoms with Gasteiger partial charge in [-0.3, -0.25) is 0 Å². The Kier molecular flexibility index (Phi) is 20.4. The van der Waals surface area contributed by atoms with Crippen molar-refractivity contribution >= 4 is 39.9 Å². The molecule has 0 saturated carbocycles. The monoisotopic (exact) mass is 264 g/mol. The molecule has 0 atom stereocenters. The zero-order valence-corrected chi connectivity index (χ0v) is 7.36. The van der Waals surface area contributed by atoms with E-state index in [0.717, 1.165) is 0 Å². The maximum absolute atomic E-state index is 7.18. The van der Waals surface area contributed by atoms with Gasteiger partial charge in [-0.1, -0.05) is 12.6 Å². The molecule has 3 heteroatoms. The second kappa shape index (κ2) is 9.24. The maximum atomic E-state index is 7.18. The predicted octanol–water partition coefficient (Wildman–Crippen LogP) is 0.0165. The molecule has 0 aliphatic heterocycles. The van der Waals surface area contributed by atoms with Crippen LogP contribution in [0.15, 0.2) is 0 Å². The van der Waals surface area contributed by atoms with Gasteiger partial charge in [0.25, 0.3) is 0 Å². The van der Waals surface area contributed by atoms with Gasteiger partial charge in [0.1, 0.15) is 5.40 Å². The van der Waals surface area contributed by atoms with Crippen LogP contribution in [0.3, 0.4) is 0 Å². The topological polar surface area (TPSA) is 23.8 Å². The average Bonchev–Trinajstić information content (AvgIpc) is 0.918. The molecule has 0 unspecified atom stereocenters. The SMILES string of the molecule is N#CS.[Tl]. The molecule has 0 aromatic rings. The molecule has 0 bridgehead atoms. The van der Waals surface area contributed by atoms with Gasteiger partial charge in [-0.05, 0) is 0 Å². The van der Waals surface area contributed by atoms with Crippen LogP contribution in [0.1, 0.15) is 0 Å². The molecule has 1 nitrogen and oxygen atoms in total. The van der Waals surface area contributed by atoms with E-state index in [1.165, 1.54) is 5.40 Å². The van der Waals surface area contributed by atoms with E-state index in [1.54, 1.807) is 0 Å². The molecule has 0 rings (SSSR count). The van der Waals surface area contributed by atoms with E-state index in [4.69, 9.17) is 5.26 Å². The van der Waals surface area contributed by atoms with Crippen LogP contribution < -0.4 is 0 Å². The van der Waals surface area contributed by atoms with Crippen molar-refractivity contribution in [2.45, 2.75) is 0 Å². The summed E-state index contributed by atoms with van der Waals surface area (Å²) in [6.07, 6.45) is 0. The summed E-state index contributed by atoms with van der Waals surface area (Å²) in [5.41, 5.74) is 0. The first-order valence-corrected chi connectivity index (χ1v) is 0.894. The maximum Gasteiger partial charge on any atom is 0.130 e. The minimum Gasteiger partial charge on any atom is -0.185 e. The first-order chi connectivity index (χ1) is 1.41. The van der Waals surface area contributed by atoms with E-state index < -0.39 is 0 Å². The molecule has 19 valence electrons. The molecule has 0 saturated heterocycles. The molecule has 1 radical (unpaired) electrons. The van der Waals surface area contributed by atoms with E-state index in [2.05, 4.69) is 12.6 Å². The van der Waals surface area contributed by atoms with Crippen molar-refractivity contribution in [3.8, 4) is 5.40 Å². The normalized spacial score (nSPS) is 2.00. The number of rotatable bonds is 0. The van der Waals surface area contributed by atoms with E-state index in [-0.39, 0.29) is 27.3 Å². The molecule has 0 aromatic heterocycles. The summed E-state index contributed by atoms with van der Waals surface area (Å²) in [6.45, 7) is 0. The van der Waals surface area contributed by atoms with Crippen LogP contribution in [0.2, 0.25) is 0 Å². The van der Waals surface area contributed by atoms with Crippen LogP contribution >= 0.6 is 12.6 Å². The van der Waals surface area contributed by atoms with Crippen LogP contribution in [0.5, 0.6) is 0 Å². The first-order valence-electron chi connectivity index (χ1n) is 0.447. The largest absolute Gasteiger partial charge is 0.185 e. The number of thiocyanates is 1. The Hall–Kier alpha value is 0.762. The third-order valence-corrected chi connectivity index (χ3v) is 0. The second-order valence-electron chi connectivity index (χ2n) is 0.100. The fourth-order valence-corrected chi connectivity index (χ4v) is 0. The van der Waals surface area contributed by atoms with Gasteiger partial charge < -0.3 is 0 Å². The molecule has 0 aliphatic rings. The molecule has 0 aromatic carbocycles. The second-order valence-corrected chi connectivity index (χ2v) is 0.300. The van der Waals surface area contributed by atoms with E-state index in [9.17, 15) is 0 Å². The van der Waals surface area contributed by atoms with Gasteiger partial charge in [-0.15, -0.1) is 0 Å². The van der Waals surface area contributed by atoms with Crippen molar-refractivity contribution in [3.63, 3.8) is 0 Å². The van der Waals surface area contributed by atoms with Gasteiger partial charge in [0.05, 0.1) is 0 Å². The standard InChI is InChI=1S/CHNS.Tl/c2-1-3;/h3H;. The van der Waals surface area contributed by atoms with Gasteiger partial charge in [0, 0.05) is 27.3 Å². The Labute approximate surface area is 50.6 Å². The van der Waals surface area contributed by atoms with Crippen molar-refractivity contribution in [3.05, 3.63) is 0 Å². The zero-order valence-electron chi connectivity index (χ0n) is 1.97. The fraction of sp³-hybridized carbons (Fsp3) is 0. The summed E-state index contributed by atoms with van der Waals surface area (Å²) in [4.78, 5) is 0. The Morgan fingerprint density at radius 1 is 1.75 bits per heavy atom. The summed E-state index contributed by atoms with van der Waals surface area (Å²) < 4.78 is 0. The summed E-state index contributed by atoms with van der Waals surface area (Å²) in [6, 6.07) is 0. The predicted molar refractivity (Wildman–Crippen MR) is 20.4 cm³/mol. The molecule has 0 aliphatic carbocycles. The average molecular weight is 263 g/mol. The third kappa shape index (κ3) is 14.8. The van der Waals surface area contributed by atoms with E-state index in [0.29, 0.717) is 0 Å². The summed E-state index contributed by atoms with van der Waals surface area (Å²) in [7, 11) is 0. The molecule has 0 amide bonds. The van der Waals surface area contributed by atoms with Gasteiger partial charge >= 0.3 is 0 Å². The molecular weight excluding hydrogens is 262 g/mol. The minimum atomic E-state index is 0. The van der Waals surface area contributed by atoms with Crippen LogP contribution in [-0.2, 0) is 0 Å². The van der Waals surface area contributed by atoms with Crippen molar-refractivity contribution in [1.29, 1.82) is 5.26 Å². The van der Waals surface area contributed by atoms with Gasteiger partial charge in [-0.2, -0.15) is 5.26 Å². The van der Waals surface area contributed by atoms with Crippen molar-refractivity contribution in [2.75, 3.05) is 0 Å².